The highest BCUT2D eigenvalue weighted by molar-refractivity contribution is 5.93. The number of hydrogen-bond acceptors (Lipinski definition) is 3. The van der Waals surface area contributed by atoms with Crippen LogP contribution in [0.3, 0.4) is 0 Å². The minimum Gasteiger partial charge on any atom is -0.343 e. The number of carbonyl (C=O) groups excluding carboxylic acids is 2. The van der Waals surface area contributed by atoms with E-state index in [4.69, 9.17) is 5.26 Å². The molecule has 0 fully saturated rings. The van der Waals surface area contributed by atoms with Crippen molar-refractivity contribution in [3.63, 3.8) is 0 Å². The molecule has 0 N–H and O–H groups in total. The fraction of sp³-hybridized carbons (Fsp3) is 0.438. The molecular formula is C16H21N3O2. The van der Waals surface area contributed by atoms with E-state index >= 15 is 0 Å². The van der Waals surface area contributed by atoms with Crippen molar-refractivity contribution in [2.24, 2.45) is 0 Å². The Balaban J connectivity index is 2.87. The number of carbonyl (C=O) groups is 2. The van der Waals surface area contributed by atoms with Gasteiger partial charge in [-0.3, -0.25) is 9.59 Å². The monoisotopic (exact) mass is 287 g/mol. The first-order valence-corrected chi connectivity index (χ1v) is 7.10. The van der Waals surface area contributed by atoms with Crippen LogP contribution >= 0.6 is 0 Å². The zero-order valence-electron chi connectivity index (χ0n) is 12.8. The van der Waals surface area contributed by atoms with E-state index in [0.717, 1.165) is 0 Å². The van der Waals surface area contributed by atoms with Crippen molar-refractivity contribution in [2.45, 2.75) is 27.2 Å². The highest BCUT2D eigenvalue weighted by Crippen LogP contribution is 2.20. The average molecular weight is 287 g/mol. The van der Waals surface area contributed by atoms with Crippen LogP contribution in [0.1, 0.15) is 32.8 Å². The molecule has 0 spiro atoms. The van der Waals surface area contributed by atoms with Crippen LogP contribution in [0, 0.1) is 11.3 Å². The van der Waals surface area contributed by atoms with Crippen LogP contribution in [0.4, 0.5) is 5.69 Å². The molecule has 0 aliphatic heterocycles. The fourth-order valence-electron chi connectivity index (χ4n) is 2.19. The molecule has 0 aliphatic carbocycles. The summed E-state index contributed by atoms with van der Waals surface area (Å²) in [6, 6.07) is 8.99. The summed E-state index contributed by atoms with van der Waals surface area (Å²) in [4.78, 5) is 27.1. The summed E-state index contributed by atoms with van der Waals surface area (Å²) in [6.07, 6.45) is 0.251. The molecule has 1 rings (SSSR count). The van der Waals surface area contributed by atoms with Crippen molar-refractivity contribution in [2.75, 3.05) is 24.5 Å². The maximum Gasteiger partial charge on any atom is 0.224 e. The number of hydrogen-bond donors (Lipinski definition) is 0. The summed E-state index contributed by atoms with van der Waals surface area (Å²) in [5.74, 6) is -0.161. The second-order valence-electron chi connectivity index (χ2n) is 4.62. The van der Waals surface area contributed by atoms with E-state index in [-0.39, 0.29) is 24.8 Å². The summed E-state index contributed by atoms with van der Waals surface area (Å²) in [7, 11) is 0. The average Bonchev–Trinajstić information content (AvgIpc) is 2.48. The number of nitrogens with zero attached hydrogens (tertiary/aromatic N) is 3. The van der Waals surface area contributed by atoms with Crippen molar-refractivity contribution in [1.29, 1.82) is 5.26 Å². The third-order valence-corrected chi connectivity index (χ3v) is 3.36. The smallest absolute Gasteiger partial charge is 0.224 e. The van der Waals surface area contributed by atoms with Crippen molar-refractivity contribution in [3.8, 4) is 6.07 Å². The minimum absolute atomic E-state index is 0.0145. The second-order valence-corrected chi connectivity index (χ2v) is 4.62. The van der Waals surface area contributed by atoms with E-state index in [1.54, 1.807) is 29.2 Å². The second kappa shape index (κ2) is 8.05. The molecule has 2 amide bonds. The van der Waals surface area contributed by atoms with Gasteiger partial charge in [-0.1, -0.05) is 12.1 Å². The molecule has 0 heterocycles. The van der Waals surface area contributed by atoms with Crippen LogP contribution in [0.15, 0.2) is 24.3 Å². The van der Waals surface area contributed by atoms with Crippen LogP contribution < -0.4 is 4.90 Å². The number of amides is 2. The van der Waals surface area contributed by atoms with Gasteiger partial charge in [0.05, 0.1) is 11.3 Å². The molecule has 0 radical (unpaired) electrons. The lowest BCUT2D eigenvalue weighted by atomic mass is 10.1. The van der Waals surface area contributed by atoms with Gasteiger partial charge in [-0.05, 0) is 26.0 Å². The van der Waals surface area contributed by atoms with Crippen LogP contribution in [0.25, 0.3) is 0 Å². The third kappa shape index (κ3) is 4.32. The topological polar surface area (TPSA) is 64.4 Å². The van der Waals surface area contributed by atoms with Crippen molar-refractivity contribution in [1.82, 2.24) is 4.90 Å². The largest absolute Gasteiger partial charge is 0.343 e. The summed E-state index contributed by atoms with van der Waals surface area (Å²) in [5, 5.41) is 9.13. The fourth-order valence-corrected chi connectivity index (χ4v) is 2.19. The number of para-hydroxylation sites is 1. The SMILES string of the molecule is CCN(CC)C(=O)CCN(C(C)=O)c1ccccc1C#N. The zero-order chi connectivity index (χ0) is 15.8. The van der Waals surface area contributed by atoms with Gasteiger partial charge in [0.25, 0.3) is 0 Å². The Morgan fingerprint density at radius 1 is 1.19 bits per heavy atom. The first-order valence-electron chi connectivity index (χ1n) is 7.10. The highest BCUT2D eigenvalue weighted by Gasteiger charge is 2.18. The van der Waals surface area contributed by atoms with Crippen molar-refractivity contribution in [3.05, 3.63) is 29.8 Å². The summed E-state index contributed by atoms with van der Waals surface area (Å²) in [5.41, 5.74) is 0.989. The first kappa shape index (κ1) is 16.7. The molecule has 0 aliphatic rings. The zero-order valence-corrected chi connectivity index (χ0v) is 12.8. The van der Waals surface area contributed by atoms with E-state index in [2.05, 4.69) is 6.07 Å². The van der Waals surface area contributed by atoms with E-state index in [9.17, 15) is 9.59 Å². The molecule has 1 aromatic carbocycles. The van der Waals surface area contributed by atoms with E-state index in [0.29, 0.717) is 24.3 Å². The molecule has 0 saturated heterocycles. The molecule has 112 valence electrons. The van der Waals surface area contributed by atoms with Gasteiger partial charge in [-0.15, -0.1) is 0 Å². The lowest BCUT2D eigenvalue weighted by molar-refractivity contribution is -0.130. The van der Waals surface area contributed by atoms with Gasteiger partial charge in [0.2, 0.25) is 11.8 Å². The lowest BCUT2D eigenvalue weighted by Crippen LogP contribution is -2.36. The maximum atomic E-state index is 12.0. The number of nitriles is 1. The molecule has 0 aromatic heterocycles. The molecule has 1 aromatic rings. The Labute approximate surface area is 125 Å². The van der Waals surface area contributed by atoms with E-state index in [1.165, 1.54) is 11.8 Å². The molecule has 21 heavy (non-hydrogen) atoms. The van der Waals surface area contributed by atoms with Gasteiger partial charge in [0.1, 0.15) is 6.07 Å². The molecular weight excluding hydrogens is 266 g/mol. The molecule has 0 bridgehead atoms. The van der Waals surface area contributed by atoms with Gasteiger partial charge in [-0.25, -0.2) is 0 Å². The number of rotatable bonds is 6. The van der Waals surface area contributed by atoms with Crippen LogP contribution in [0.5, 0.6) is 0 Å². The predicted octanol–water partition coefficient (Wildman–Crippen LogP) is 2.17. The lowest BCUT2D eigenvalue weighted by Gasteiger charge is -2.24. The summed E-state index contributed by atoms with van der Waals surface area (Å²) >= 11 is 0. The maximum absolute atomic E-state index is 12.0. The Hall–Kier alpha value is -2.35. The van der Waals surface area contributed by atoms with E-state index in [1.807, 2.05) is 13.8 Å². The predicted molar refractivity (Wildman–Crippen MR) is 81.7 cm³/mol. The minimum atomic E-state index is -0.176. The molecule has 0 atom stereocenters. The van der Waals surface area contributed by atoms with Gasteiger partial charge < -0.3 is 9.80 Å². The van der Waals surface area contributed by atoms with Gasteiger partial charge >= 0.3 is 0 Å². The van der Waals surface area contributed by atoms with E-state index < -0.39 is 0 Å². The molecule has 0 saturated carbocycles. The Morgan fingerprint density at radius 2 is 1.81 bits per heavy atom. The normalized spacial score (nSPS) is 9.81. The number of benzene rings is 1. The summed E-state index contributed by atoms with van der Waals surface area (Å²) in [6.45, 7) is 6.89. The van der Waals surface area contributed by atoms with Crippen LogP contribution in [-0.2, 0) is 9.59 Å². The quantitative estimate of drug-likeness (QED) is 0.805. The van der Waals surface area contributed by atoms with Gasteiger partial charge in [0, 0.05) is 33.0 Å². The third-order valence-electron chi connectivity index (χ3n) is 3.36. The van der Waals surface area contributed by atoms with Crippen molar-refractivity contribution < 1.29 is 9.59 Å². The Kier molecular flexibility index (Phi) is 6.41. The van der Waals surface area contributed by atoms with Gasteiger partial charge in [-0.2, -0.15) is 5.26 Å². The Bertz CT molecular complexity index is 545. The Morgan fingerprint density at radius 3 is 2.33 bits per heavy atom. The first-order chi connectivity index (χ1) is 10.0. The molecule has 0 unspecified atom stereocenters. The molecule has 5 nitrogen and oxygen atoms in total. The highest BCUT2D eigenvalue weighted by atomic mass is 16.2. The van der Waals surface area contributed by atoms with Crippen molar-refractivity contribution >= 4 is 17.5 Å². The standard InChI is InChI=1S/C16H21N3O2/c1-4-18(5-2)16(21)10-11-19(13(3)20)15-9-7-6-8-14(15)12-17/h6-9H,4-5,10-11H2,1-3H3. The van der Waals surface area contributed by atoms with Crippen LogP contribution in [0.2, 0.25) is 0 Å². The molecule has 5 heteroatoms. The summed E-state index contributed by atoms with van der Waals surface area (Å²) < 4.78 is 0. The van der Waals surface area contributed by atoms with Gasteiger partial charge in [0.15, 0.2) is 0 Å². The van der Waals surface area contributed by atoms with Crippen LogP contribution in [-0.4, -0.2) is 36.3 Å². The number of anilines is 1.